The largest absolute Gasteiger partial charge is 0.464 e. The predicted octanol–water partition coefficient (Wildman–Crippen LogP) is 0.847. The van der Waals surface area contributed by atoms with E-state index in [0.717, 1.165) is 18.4 Å². The van der Waals surface area contributed by atoms with Crippen LogP contribution in [0.25, 0.3) is 0 Å². The number of rotatable bonds is 6. The van der Waals surface area contributed by atoms with Crippen LogP contribution in [-0.4, -0.2) is 40.5 Å². The van der Waals surface area contributed by atoms with E-state index >= 15 is 0 Å². The van der Waals surface area contributed by atoms with Crippen molar-refractivity contribution in [1.82, 2.24) is 20.3 Å². The Morgan fingerprint density at radius 2 is 2.29 bits per heavy atom. The molecule has 0 radical (unpaired) electrons. The number of aromatic nitrogens is 3. The molecule has 0 aliphatic heterocycles. The van der Waals surface area contributed by atoms with Crippen molar-refractivity contribution in [2.24, 2.45) is 0 Å². The molecule has 0 spiro atoms. The molecule has 0 saturated heterocycles. The average molecular weight is 290 g/mol. The Bertz CT molecular complexity index is 575. The van der Waals surface area contributed by atoms with Crippen molar-refractivity contribution in [3.05, 3.63) is 35.7 Å². The topological polar surface area (TPSA) is 86.1 Å². The van der Waals surface area contributed by atoms with Crippen molar-refractivity contribution in [2.45, 2.75) is 25.8 Å². The lowest BCUT2D eigenvalue weighted by molar-refractivity contribution is -0.117. The highest BCUT2D eigenvalue weighted by atomic mass is 16.5. The minimum Gasteiger partial charge on any atom is -0.464 e. The number of nitrogens with zero attached hydrogens (tertiary/aromatic N) is 3. The van der Waals surface area contributed by atoms with Crippen LogP contribution in [0.1, 0.15) is 29.8 Å². The van der Waals surface area contributed by atoms with Gasteiger partial charge in [0.25, 0.3) is 5.91 Å². The number of allylic oxidation sites excluding steroid dienone is 2. The van der Waals surface area contributed by atoms with Crippen LogP contribution < -0.4 is 5.32 Å². The molecule has 1 aliphatic carbocycles. The van der Waals surface area contributed by atoms with Crippen molar-refractivity contribution in [2.75, 3.05) is 13.7 Å². The van der Waals surface area contributed by atoms with Crippen LogP contribution in [0.5, 0.6) is 0 Å². The molecule has 7 heteroatoms. The zero-order chi connectivity index (χ0) is 15.1. The molecule has 0 aromatic carbocycles. The maximum Gasteiger partial charge on any atom is 0.360 e. The number of esters is 1. The number of amides is 1. The van der Waals surface area contributed by atoms with Gasteiger partial charge in [-0.15, -0.1) is 5.10 Å². The van der Waals surface area contributed by atoms with E-state index in [9.17, 15) is 9.59 Å². The lowest BCUT2D eigenvalue weighted by atomic mass is 10.1. The molecule has 0 atom stereocenters. The minimum absolute atomic E-state index is 0.0557. The molecule has 1 aromatic heterocycles. The smallest absolute Gasteiger partial charge is 0.360 e. The molecular formula is C14H18N4O3. The molecule has 2 rings (SSSR count). The molecule has 0 bridgehead atoms. The highest BCUT2D eigenvalue weighted by Gasteiger charge is 2.10. The third kappa shape index (κ3) is 4.27. The summed E-state index contributed by atoms with van der Waals surface area (Å²) in [5.41, 5.74) is 0.897. The van der Waals surface area contributed by atoms with Gasteiger partial charge in [0.15, 0.2) is 5.69 Å². The van der Waals surface area contributed by atoms with Gasteiger partial charge < -0.3 is 10.1 Å². The summed E-state index contributed by atoms with van der Waals surface area (Å²) in [6, 6.07) is 0. The molecule has 1 aromatic rings. The summed E-state index contributed by atoms with van der Waals surface area (Å²) < 4.78 is 6.10. The molecule has 0 saturated carbocycles. The second kappa shape index (κ2) is 7.37. The summed E-state index contributed by atoms with van der Waals surface area (Å²) in [5.74, 6) is -0.564. The van der Waals surface area contributed by atoms with Crippen LogP contribution >= 0.6 is 0 Å². The predicted molar refractivity (Wildman–Crippen MR) is 75.4 cm³/mol. The number of carbonyl (C=O) groups excluding carboxylic acids is 2. The van der Waals surface area contributed by atoms with E-state index in [1.54, 1.807) is 4.68 Å². The Labute approximate surface area is 122 Å². The summed E-state index contributed by atoms with van der Waals surface area (Å²) >= 11 is 0. The third-order valence-electron chi connectivity index (χ3n) is 3.04. The fourth-order valence-corrected chi connectivity index (χ4v) is 1.93. The van der Waals surface area contributed by atoms with E-state index in [-0.39, 0.29) is 11.6 Å². The van der Waals surface area contributed by atoms with E-state index in [4.69, 9.17) is 0 Å². The second-order valence-corrected chi connectivity index (χ2v) is 4.61. The quantitative estimate of drug-likeness (QED) is 0.620. The van der Waals surface area contributed by atoms with Crippen LogP contribution in [0.2, 0.25) is 0 Å². The van der Waals surface area contributed by atoms with Gasteiger partial charge in [-0.05, 0) is 19.3 Å². The van der Waals surface area contributed by atoms with Crippen LogP contribution in [0.15, 0.2) is 30.0 Å². The van der Waals surface area contributed by atoms with Gasteiger partial charge in [-0.1, -0.05) is 23.4 Å². The molecule has 1 heterocycles. The van der Waals surface area contributed by atoms with Crippen LogP contribution in [0, 0.1) is 0 Å². The Morgan fingerprint density at radius 1 is 1.43 bits per heavy atom. The zero-order valence-corrected chi connectivity index (χ0v) is 11.9. The molecule has 1 amide bonds. The van der Waals surface area contributed by atoms with Gasteiger partial charge in [0.1, 0.15) is 0 Å². The Kier molecular flexibility index (Phi) is 5.25. The Hall–Kier alpha value is -2.44. The molecule has 1 N–H and O–H groups in total. The van der Waals surface area contributed by atoms with Crippen molar-refractivity contribution >= 4 is 11.9 Å². The zero-order valence-electron chi connectivity index (χ0n) is 11.9. The summed E-state index contributed by atoms with van der Waals surface area (Å²) in [6.45, 7) is 1.11. The molecule has 112 valence electrons. The first-order chi connectivity index (χ1) is 10.2. The van der Waals surface area contributed by atoms with Gasteiger partial charge >= 0.3 is 5.97 Å². The van der Waals surface area contributed by atoms with E-state index in [1.165, 1.54) is 13.3 Å². The van der Waals surface area contributed by atoms with Crippen LogP contribution in [-0.2, 0) is 16.1 Å². The number of aryl methyl sites for hydroxylation is 1. The standard InChI is InChI=1S/C14H18N4O3/c1-21-14(20)12-10-18(17-16-12)9-5-8-15-13(19)11-6-3-2-4-7-11/h3,6-7,10H,2,4-5,8-9H2,1H3,(H,15,19). The number of methoxy groups -OCH3 is 1. The Balaban J connectivity index is 1.71. The number of carbonyl (C=O) groups is 2. The number of hydrogen-bond acceptors (Lipinski definition) is 5. The van der Waals surface area contributed by atoms with E-state index in [2.05, 4.69) is 20.4 Å². The summed E-state index contributed by atoms with van der Waals surface area (Å²) in [5, 5.41) is 10.4. The minimum atomic E-state index is -0.509. The fourth-order valence-electron chi connectivity index (χ4n) is 1.93. The first-order valence-corrected chi connectivity index (χ1v) is 6.84. The average Bonchev–Trinajstić information content (AvgIpc) is 3.00. The van der Waals surface area contributed by atoms with Gasteiger partial charge in [-0.25, -0.2) is 4.79 Å². The van der Waals surface area contributed by atoms with Crippen molar-refractivity contribution in [3.63, 3.8) is 0 Å². The number of hydrogen-bond donors (Lipinski definition) is 1. The number of nitrogens with one attached hydrogen (secondary N) is 1. The normalized spacial score (nSPS) is 13.7. The van der Waals surface area contributed by atoms with Crippen LogP contribution in [0.3, 0.4) is 0 Å². The van der Waals surface area contributed by atoms with Crippen molar-refractivity contribution in [3.8, 4) is 0 Å². The van der Waals surface area contributed by atoms with Gasteiger partial charge in [-0.2, -0.15) is 0 Å². The molecule has 21 heavy (non-hydrogen) atoms. The van der Waals surface area contributed by atoms with Gasteiger partial charge in [0, 0.05) is 18.7 Å². The highest BCUT2D eigenvalue weighted by Crippen LogP contribution is 2.09. The Morgan fingerprint density at radius 3 is 3.00 bits per heavy atom. The maximum absolute atomic E-state index is 11.8. The van der Waals surface area contributed by atoms with Crippen molar-refractivity contribution in [1.29, 1.82) is 0 Å². The first kappa shape index (κ1) is 15.0. The summed E-state index contributed by atoms with van der Waals surface area (Å²) in [4.78, 5) is 23.0. The molecular weight excluding hydrogens is 272 g/mol. The lowest BCUT2D eigenvalue weighted by Crippen LogP contribution is -2.26. The molecule has 1 aliphatic rings. The van der Waals surface area contributed by atoms with E-state index < -0.39 is 5.97 Å². The van der Waals surface area contributed by atoms with Gasteiger partial charge in [0.05, 0.1) is 13.3 Å². The summed E-state index contributed by atoms with van der Waals surface area (Å²) in [6.07, 6.45) is 9.92. The van der Waals surface area contributed by atoms with Crippen LogP contribution in [0.4, 0.5) is 0 Å². The number of ether oxygens (including phenoxy) is 1. The highest BCUT2D eigenvalue weighted by molar-refractivity contribution is 5.96. The molecule has 7 nitrogen and oxygen atoms in total. The first-order valence-electron chi connectivity index (χ1n) is 6.84. The fraction of sp³-hybridized carbons (Fsp3) is 0.429. The van der Waals surface area contributed by atoms with Crippen molar-refractivity contribution < 1.29 is 14.3 Å². The SMILES string of the molecule is COC(=O)c1cn(CCCNC(=O)C2=CCCC=C2)nn1. The molecule has 0 unspecified atom stereocenters. The van der Waals surface area contributed by atoms with Gasteiger partial charge in [-0.3, -0.25) is 9.48 Å². The third-order valence-corrected chi connectivity index (χ3v) is 3.04. The second-order valence-electron chi connectivity index (χ2n) is 4.61. The van der Waals surface area contributed by atoms with E-state index in [0.29, 0.717) is 19.5 Å². The lowest BCUT2D eigenvalue weighted by Gasteiger charge is -2.08. The maximum atomic E-state index is 11.8. The summed E-state index contributed by atoms with van der Waals surface area (Å²) in [7, 11) is 1.30. The van der Waals surface area contributed by atoms with Gasteiger partial charge in [0.2, 0.25) is 0 Å². The monoisotopic (exact) mass is 290 g/mol. The molecule has 0 fully saturated rings. The van der Waals surface area contributed by atoms with E-state index in [1.807, 2.05) is 18.2 Å².